The Bertz CT molecular complexity index is 857. The van der Waals surface area contributed by atoms with Gasteiger partial charge in [-0.05, 0) is 48.7 Å². The zero-order chi connectivity index (χ0) is 18.4. The van der Waals surface area contributed by atoms with Crippen molar-refractivity contribution in [2.45, 2.75) is 19.9 Å². The van der Waals surface area contributed by atoms with Crippen LogP contribution in [0.5, 0.6) is 5.75 Å². The van der Waals surface area contributed by atoms with E-state index < -0.39 is 0 Å². The van der Waals surface area contributed by atoms with Gasteiger partial charge in [0.15, 0.2) is 0 Å². The predicted octanol–water partition coefficient (Wildman–Crippen LogP) is 4.86. The third kappa shape index (κ3) is 4.51. The molecule has 0 aliphatic rings. The van der Waals surface area contributed by atoms with Gasteiger partial charge in [0.1, 0.15) is 12.4 Å². The van der Waals surface area contributed by atoms with Crippen LogP contribution < -0.4 is 10.1 Å². The third-order valence-corrected chi connectivity index (χ3v) is 4.21. The molecule has 0 saturated carbocycles. The van der Waals surface area contributed by atoms with Gasteiger partial charge in [0.2, 0.25) is 0 Å². The first-order chi connectivity index (χ1) is 12.6. The molecule has 3 rings (SSSR count). The second-order valence-corrected chi connectivity index (χ2v) is 6.39. The Morgan fingerprint density at radius 2 is 1.50 bits per heavy atom. The maximum absolute atomic E-state index is 12.4. The van der Waals surface area contributed by atoms with E-state index in [2.05, 4.69) is 17.4 Å². The molecular weight excluding hydrogens is 322 g/mol. The zero-order valence-electron chi connectivity index (χ0n) is 15.1. The quantitative estimate of drug-likeness (QED) is 0.693. The van der Waals surface area contributed by atoms with Gasteiger partial charge in [-0.1, -0.05) is 60.7 Å². The molecule has 26 heavy (non-hydrogen) atoms. The van der Waals surface area contributed by atoms with E-state index in [1.165, 1.54) is 0 Å². The number of benzene rings is 3. The molecule has 0 radical (unpaired) electrons. The highest BCUT2D eigenvalue weighted by Gasteiger charge is 2.11. The molecule has 1 N–H and O–H groups in total. The van der Waals surface area contributed by atoms with Crippen molar-refractivity contribution in [3.05, 3.63) is 90.0 Å². The van der Waals surface area contributed by atoms with Gasteiger partial charge in [-0.3, -0.25) is 4.79 Å². The van der Waals surface area contributed by atoms with Crippen LogP contribution in [0.1, 0.15) is 22.8 Å². The highest BCUT2D eigenvalue weighted by molar-refractivity contribution is 5.94. The normalized spacial score (nSPS) is 11.6. The van der Waals surface area contributed by atoms with Crippen LogP contribution in [0, 0.1) is 6.92 Å². The van der Waals surface area contributed by atoms with Crippen LogP contribution in [0.4, 0.5) is 0 Å². The number of aryl methyl sites for hydroxylation is 1. The van der Waals surface area contributed by atoms with E-state index in [4.69, 9.17) is 4.74 Å². The van der Waals surface area contributed by atoms with Crippen LogP contribution >= 0.6 is 0 Å². The molecule has 0 saturated heterocycles. The number of nitrogens with one attached hydrogen (secondary N) is 1. The summed E-state index contributed by atoms with van der Waals surface area (Å²) in [5.41, 5.74) is 3.97. The summed E-state index contributed by atoms with van der Waals surface area (Å²) >= 11 is 0. The SMILES string of the molecule is Cc1ccccc1OCC(C)NC(=O)c1ccc(-c2ccccc2)cc1. The van der Waals surface area contributed by atoms with Crippen molar-refractivity contribution in [2.24, 2.45) is 0 Å². The summed E-state index contributed by atoms with van der Waals surface area (Å²) < 4.78 is 5.80. The minimum Gasteiger partial charge on any atom is -0.491 e. The van der Waals surface area contributed by atoms with Crippen molar-refractivity contribution < 1.29 is 9.53 Å². The Kier molecular flexibility index (Phi) is 5.69. The summed E-state index contributed by atoms with van der Waals surface area (Å²) in [5.74, 6) is 0.756. The Labute approximate surface area is 154 Å². The Morgan fingerprint density at radius 3 is 2.19 bits per heavy atom. The maximum atomic E-state index is 12.4. The van der Waals surface area contributed by atoms with Gasteiger partial charge in [0.25, 0.3) is 5.91 Å². The Balaban J connectivity index is 1.56. The summed E-state index contributed by atoms with van der Waals surface area (Å²) in [6.45, 7) is 4.38. The van der Waals surface area contributed by atoms with E-state index in [9.17, 15) is 4.79 Å². The fourth-order valence-electron chi connectivity index (χ4n) is 2.73. The Hall–Kier alpha value is -3.07. The first-order valence-corrected chi connectivity index (χ1v) is 8.78. The third-order valence-electron chi connectivity index (χ3n) is 4.21. The van der Waals surface area contributed by atoms with Crippen molar-refractivity contribution in [1.29, 1.82) is 0 Å². The number of ether oxygens (including phenoxy) is 1. The molecular formula is C23H23NO2. The van der Waals surface area contributed by atoms with Crippen molar-refractivity contribution in [3.63, 3.8) is 0 Å². The molecule has 3 nitrogen and oxygen atoms in total. The summed E-state index contributed by atoms with van der Waals surface area (Å²) in [4.78, 5) is 12.4. The van der Waals surface area contributed by atoms with Crippen molar-refractivity contribution >= 4 is 5.91 Å². The van der Waals surface area contributed by atoms with Crippen molar-refractivity contribution in [2.75, 3.05) is 6.61 Å². The van der Waals surface area contributed by atoms with E-state index in [1.807, 2.05) is 80.6 Å². The lowest BCUT2D eigenvalue weighted by molar-refractivity contribution is 0.0926. The summed E-state index contributed by atoms with van der Waals surface area (Å²) in [6.07, 6.45) is 0. The molecule has 0 fully saturated rings. The van der Waals surface area contributed by atoms with Gasteiger partial charge in [0.05, 0.1) is 6.04 Å². The molecule has 0 heterocycles. The van der Waals surface area contributed by atoms with Crippen LogP contribution in [-0.2, 0) is 0 Å². The first kappa shape index (κ1) is 17.7. The number of hydrogen-bond acceptors (Lipinski definition) is 2. The smallest absolute Gasteiger partial charge is 0.251 e. The standard InChI is InChI=1S/C23H23NO2/c1-17-8-6-7-11-22(17)26-16-18(2)24-23(25)21-14-12-20(13-15-21)19-9-4-3-5-10-19/h3-15,18H,16H2,1-2H3,(H,24,25). The average molecular weight is 345 g/mol. The molecule has 3 aromatic carbocycles. The fraction of sp³-hybridized carbons (Fsp3) is 0.174. The highest BCUT2D eigenvalue weighted by atomic mass is 16.5. The van der Waals surface area contributed by atoms with Gasteiger partial charge in [-0.15, -0.1) is 0 Å². The second kappa shape index (κ2) is 8.34. The fourth-order valence-corrected chi connectivity index (χ4v) is 2.73. The van der Waals surface area contributed by atoms with Gasteiger partial charge < -0.3 is 10.1 Å². The van der Waals surface area contributed by atoms with Crippen LogP contribution in [0.15, 0.2) is 78.9 Å². The van der Waals surface area contributed by atoms with Crippen LogP contribution in [0.25, 0.3) is 11.1 Å². The second-order valence-electron chi connectivity index (χ2n) is 6.39. The van der Waals surface area contributed by atoms with Gasteiger partial charge in [0, 0.05) is 5.56 Å². The topological polar surface area (TPSA) is 38.3 Å². The lowest BCUT2D eigenvalue weighted by atomic mass is 10.0. The van der Waals surface area contributed by atoms with Crippen molar-refractivity contribution in [3.8, 4) is 16.9 Å². The number of hydrogen-bond donors (Lipinski definition) is 1. The minimum absolute atomic E-state index is 0.0871. The van der Waals surface area contributed by atoms with E-state index in [0.717, 1.165) is 22.4 Å². The average Bonchev–Trinajstić information content (AvgIpc) is 2.68. The predicted molar refractivity (Wildman–Crippen MR) is 105 cm³/mol. The molecule has 3 heteroatoms. The maximum Gasteiger partial charge on any atom is 0.251 e. The molecule has 0 aliphatic carbocycles. The molecule has 3 aromatic rings. The molecule has 1 atom stereocenters. The van der Waals surface area contributed by atoms with Crippen LogP contribution in [0.3, 0.4) is 0 Å². The van der Waals surface area contributed by atoms with Crippen LogP contribution in [-0.4, -0.2) is 18.6 Å². The lowest BCUT2D eigenvalue weighted by Gasteiger charge is -2.16. The van der Waals surface area contributed by atoms with E-state index in [0.29, 0.717) is 12.2 Å². The monoisotopic (exact) mass is 345 g/mol. The number of para-hydroxylation sites is 1. The molecule has 0 aromatic heterocycles. The highest BCUT2D eigenvalue weighted by Crippen LogP contribution is 2.19. The molecule has 1 amide bonds. The first-order valence-electron chi connectivity index (χ1n) is 8.78. The lowest BCUT2D eigenvalue weighted by Crippen LogP contribution is -2.36. The number of amides is 1. The number of carbonyl (C=O) groups is 1. The summed E-state index contributed by atoms with van der Waals surface area (Å²) in [5, 5.41) is 2.98. The molecule has 0 aliphatic heterocycles. The molecule has 0 bridgehead atoms. The number of carbonyl (C=O) groups excluding carboxylic acids is 1. The largest absolute Gasteiger partial charge is 0.491 e. The van der Waals surface area contributed by atoms with Gasteiger partial charge >= 0.3 is 0 Å². The molecule has 0 spiro atoms. The van der Waals surface area contributed by atoms with Crippen molar-refractivity contribution in [1.82, 2.24) is 5.32 Å². The zero-order valence-corrected chi connectivity index (χ0v) is 15.1. The van der Waals surface area contributed by atoms with Gasteiger partial charge in [-0.25, -0.2) is 0 Å². The molecule has 1 unspecified atom stereocenters. The number of rotatable bonds is 6. The Morgan fingerprint density at radius 1 is 0.885 bits per heavy atom. The summed E-state index contributed by atoms with van der Waals surface area (Å²) in [6, 6.07) is 25.5. The summed E-state index contributed by atoms with van der Waals surface area (Å²) in [7, 11) is 0. The van der Waals surface area contributed by atoms with E-state index in [-0.39, 0.29) is 11.9 Å². The van der Waals surface area contributed by atoms with E-state index >= 15 is 0 Å². The van der Waals surface area contributed by atoms with E-state index in [1.54, 1.807) is 0 Å². The molecule has 132 valence electrons. The van der Waals surface area contributed by atoms with Crippen LogP contribution in [0.2, 0.25) is 0 Å². The van der Waals surface area contributed by atoms with Gasteiger partial charge in [-0.2, -0.15) is 0 Å². The minimum atomic E-state index is -0.0921.